The molecule has 0 radical (unpaired) electrons. The zero-order valence-electron chi connectivity index (χ0n) is 73.3. The van der Waals surface area contributed by atoms with Crippen LogP contribution >= 0.6 is 0 Å². The number of nitrogens with zero attached hydrogens (tertiary/aromatic N) is 9. The maximum Gasteiger partial charge on any atom is 0.335 e. The summed E-state index contributed by atoms with van der Waals surface area (Å²) in [4.78, 5) is 67.6. The molecule has 4 aliphatic heterocycles. The number of imidazole rings is 1. The van der Waals surface area contributed by atoms with Gasteiger partial charge in [-0.1, -0.05) is 126 Å². The highest BCUT2D eigenvalue weighted by atomic mass is 19.1. The SMILES string of the molecule is CC(C)COc1ccc(CN)cc1.CC(C)COc1ccc(CNC(=O)N(Cc2ccc(F)cc2)C2CCN(C)CC2)cc1.CC(C)COc1ccc(CNC(=O)N(Cc2ccc(F)cc2)C2CCN(C)CC2)cc1.CN1CCC(N(Cc2ccc(F)cc2)C(=O)n2ccnc2)CC1.CN1CCC(NCc2ccc(F)cc2)CC1.C[C@H](O)[C@@H](O)C(=O)O. The number of carbonyl (C=O) groups excluding carboxylic acids is 3. The molecule has 0 unspecified atom stereocenters. The van der Waals surface area contributed by atoms with Gasteiger partial charge < -0.3 is 85.5 Å². The Bertz CT molecular complexity index is 4080. The van der Waals surface area contributed by atoms with E-state index in [1.165, 1.54) is 92.3 Å². The summed E-state index contributed by atoms with van der Waals surface area (Å²) in [6.07, 6.45) is 9.97. The molecule has 0 saturated carbocycles. The summed E-state index contributed by atoms with van der Waals surface area (Å²) in [6.45, 7) is 28.0. The molecule has 27 heteroatoms. The quantitative estimate of drug-likeness (QED) is 0.0225. The van der Waals surface area contributed by atoms with Gasteiger partial charge in [0.15, 0.2) is 6.10 Å². The van der Waals surface area contributed by atoms with E-state index in [9.17, 15) is 36.7 Å². The highest BCUT2D eigenvalue weighted by molar-refractivity contribution is 5.77. The van der Waals surface area contributed by atoms with Gasteiger partial charge in [-0.3, -0.25) is 4.57 Å². The normalized spacial score (nSPS) is 15.5. The summed E-state index contributed by atoms with van der Waals surface area (Å²) in [7, 11) is 8.47. The topological polar surface area (TPSA) is 259 Å². The smallest absolute Gasteiger partial charge is 0.335 e. The van der Waals surface area contributed by atoms with E-state index in [-0.39, 0.29) is 59.5 Å². The lowest BCUT2D eigenvalue weighted by atomic mass is 10.0. The Hall–Kier alpha value is -9.97. The summed E-state index contributed by atoms with van der Waals surface area (Å²) in [6, 6.07) is 50.4. The molecule has 7 aromatic carbocycles. The van der Waals surface area contributed by atoms with E-state index < -0.39 is 18.2 Å². The first kappa shape index (κ1) is 99.1. The molecule has 4 aliphatic rings. The molecular weight excluding hydrogens is 1560 g/mol. The van der Waals surface area contributed by atoms with Crippen molar-refractivity contribution < 1.29 is 66.3 Å². The van der Waals surface area contributed by atoms with E-state index in [1.54, 1.807) is 48.8 Å². The average molecular weight is 1690 g/mol. The van der Waals surface area contributed by atoms with Crippen molar-refractivity contribution in [3.8, 4) is 17.2 Å². The Balaban J connectivity index is 0.000000211. The van der Waals surface area contributed by atoms with Gasteiger partial charge in [0.1, 0.15) is 46.8 Å². The predicted molar refractivity (Wildman–Crippen MR) is 472 cm³/mol. The number of nitrogens with one attached hydrogen (secondary N) is 3. The minimum Gasteiger partial charge on any atom is -0.493 e. The number of piperidine rings is 4. The number of hydrogen-bond acceptors (Lipinski definition) is 16. The number of urea groups is 2. The maximum atomic E-state index is 13.3. The Kier molecular flexibility index (Phi) is 43.2. The number of carbonyl (C=O) groups is 4. The van der Waals surface area contributed by atoms with Gasteiger partial charge in [-0.15, -0.1) is 0 Å². The molecule has 12 rings (SSSR count). The molecule has 2 atom stereocenters. The molecule has 0 spiro atoms. The van der Waals surface area contributed by atoms with Crippen LogP contribution in [0.4, 0.5) is 31.9 Å². The first-order chi connectivity index (χ1) is 58.4. The van der Waals surface area contributed by atoms with Crippen molar-refractivity contribution in [2.24, 2.45) is 23.5 Å². The van der Waals surface area contributed by atoms with Gasteiger partial charge in [0.2, 0.25) is 0 Å². The third-order valence-corrected chi connectivity index (χ3v) is 21.3. The van der Waals surface area contributed by atoms with Crippen molar-refractivity contribution in [2.45, 2.75) is 182 Å². The van der Waals surface area contributed by atoms with Crippen LogP contribution in [0.25, 0.3) is 0 Å². The molecule has 0 aliphatic carbocycles. The van der Waals surface area contributed by atoms with Crippen LogP contribution in [0.5, 0.6) is 17.2 Å². The molecule has 122 heavy (non-hydrogen) atoms. The van der Waals surface area contributed by atoms with Crippen LogP contribution in [0.15, 0.2) is 189 Å². The molecule has 1 aromatic heterocycles. The van der Waals surface area contributed by atoms with Crippen LogP contribution in [0.1, 0.15) is 139 Å². The number of hydrogen-bond donors (Lipinski definition) is 7. The monoisotopic (exact) mass is 1690 g/mol. The van der Waals surface area contributed by atoms with Crippen molar-refractivity contribution >= 4 is 24.1 Å². The second-order valence-electron chi connectivity index (χ2n) is 33.3. The zero-order chi connectivity index (χ0) is 88.5. The van der Waals surface area contributed by atoms with Gasteiger partial charge in [-0.2, -0.15) is 0 Å². The number of rotatable bonds is 28. The largest absolute Gasteiger partial charge is 0.493 e. The van der Waals surface area contributed by atoms with Gasteiger partial charge in [0, 0.05) is 82.4 Å². The molecule has 4 saturated heterocycles. The van der Waals surface area contributed by atoms with E-state index in [1.807, 2.05) is 99.6 Å². The lowest BCUT2D eigenvalue weighted by molar-refractivity contribution is -0.151. The number of carboxylic acid groups (broad SMARTS) is 1. The fourth-order valence-corrected chi connectivity index (χ4v) is 13.6. The Labute approximate surface area is 720 Å². The van der Waals surface area contributed by atoms with E-state index in [0.29, 0.717) is 76.3 Å². The number of benzene rings is 7. The summed E-state index contributed by atoms with van der Waals surface area (Å²) in [5.41, 5.74) is 12.6. The summed E-state index contributed by atoms with van der Waals surface area (Å²) in [5, 5.41) is 34.3. The number of ether oxygens (including phenoxy) is 3. The molecule has 4 fully saturated rings. The number of halogens is 4. The zero-order valence-corrected chi connectivity index (χ0v) is 73.3. The lowest BCUT2D eigenvalue weighted by Gasteiger charge is -2.37. The third kappa shape index (κ3) is 37.4. The van der Waals surface area contributed by atoms with Crippen molar-refractivity contribution in [2.75, 3.05) is 100 Å². The Morgan fingerprint density at radius 3 is 1.00 bits per heavy atom. The van der Waals surface area contributed by atoms with Gasteiger partial charge in [0.25, 0.3) is 0 Å². The van der Waals surface area contributed by atoms with Gasteiger partial charge >= 0.3 is 24.1 Å². The van der Waals surface area contributed by atoms with Crippen molar-refractivity contribution in [1.29, 1.82) is 0 Å². The first-order valence-electron chi connectivity index (χ1n) is 42.7. The molecule has 5 amide bonds. The molecule has 5 heterocycles. The van der Waals surface area contributed by atoms with Gasteiger partial charge in [0.05, 0.1) is 25.9 Å². The Morgan fingerprint density at radius 2 is 0.713 bits per heavy atom. The van der Waals surface area contributed by atoms with Crippen molar-refractivity contribution in [3.05, 3.63) is 251 Å². The van der Waals surface area contributed by atoms with E-state index in [0.717, 1.165) is 147 Å². The van der Waals surface area contributed by atoms with Crippen LogP contribution in [-0.2, 0) is 50.6 Å². The molecule has 23 nitrogen and oxygen atoms in total. The highest BCUT2D eigenvalue weighted by Gasteiger charge is 2.31. The minimum atomic E-state index is -1.66. The number of likely N-dealkylation sites (tertiary alicyclic amines) is 4. The van der Waals surface area contributed by atoms with Crippen LogP contribution < -0.4 is 35.9 Å². The average Bonchev–Trinajstić information content (AvgIpc) is 1.37. The van der Waals surface area contributed by atoms with E-state index >= 15 is 0 Å². The number of aliphatic hydroxyl groups excluding tert-OH is 2. The number of amides is 5. The Morgan fingerprint density at radius 1 is 0.426 bits per heavy atom. The van der Waals surface area contributed by atoms with Crippen LogP contribution in [0.2, 0.25) is 0 Å². The molecule has 0 bridgehead atoms. The van der Waals surface area contributed by atoms with Crippen LogP contribution in [0.3, 0.4) is 0 Å². The second kappa shape index (κ2) is 53.2. The maximum absolute atomic E-state index is 13.3. The van der Waals surface area contributed by atoms with Crippen LogP contribution in [-0.4, -0.2) is 220 Å². The third-order valence-electron chi connectivity index (χ3n) is 21.3. The van der Waals surface area contributed by atoms with Crippen molar-refractivity contribution in [3.63, 3.8) is 0 Å². The minimum absolute atomic E-state index is 0.0821. The number of carboxylic acids is 1. The summed E-state index contributed by atoms with van der Waals surface area (Å²) in [5.74, 6) is 1.76. The van der Waals surface area contributed by atoms with E-state index in [4.69, 9.17) is 35.3 Å². The number of nitrogens with two attached hydrogens (primary N) is 1. The predicted octanol–water partition coefficient (Wildman–Crippen LogP) is 14.9. The summed E-state index contributed by atoms with van der Waals surface area (Å²) < 4.78 is 70.9. The molecule has 8 N–H and O–H groups in total. The fraction of sp³-hybridized carbons (Fsp3) is 0.484. The first-order valence-corrected chi connectivity index (χ1v) is 42.7. The fourth-order valence-electron chi connectivity index (χ4n) is 13.6. The second-order valence-corrected chi connectivity index (χ2v) is 33.3. The van der Waals surface area contributed by atoms with Gasteiger partial charge in [-0.25, -0.2) is 41.7 Å². The number of aliphatic carboxylic acids is 1. The van der Waals surface area contributed by atoms with E-state index in [2.05, 4.69) is 110 Å². The molecule has 8 aromatic rings. The number of aromatic nitrogens is 2. The molecule has 666 valence electrons. The highest BCUT2D eigenvalue weighted by Crippen LogP contribution is 2.25. The standard InChI is InChI=1S/2C25H34FN3O2.C17H21FN4O.C13H19FN2.C11H17NO.C4H8O4/c2*1-19(2)18-31-24-10-6-20(7-11-24)16-27-25(30)29(23-12-14-28(3)15-13-23)17-21-4-8-22(26)9-5-21;1-20-9-6-16(7-10-20)22(17(23)21-11-8-19-13-21)12-14-2-4-15(18)5-3-14;1-16-8-6-13(7-9-16)15-10-11-2-4-12(14)5-3-11;1-9(2)8-13-11-5-3-10(7-12)4-6-11;1-2(5)3(6)4(7)8/h2*4-11,19,23H,12-18H2,1-3H3,(H,27,30);2-5,8,11,13,16H,6-7,9-10,12H2,1H3;2-5,13,15H,6-10H2,1H3;3-6,9H,7-8,12H2,1-2H3;2-3,5-6H,1H3,(H,7,8)/t;;;;;2-,3+/m.....0/s1. The van der Waals surface area contributed by atoms with Crippen molar-refractivity contribution in [1.82, 2.24) is 59.8 Å². The number of aliphatic hydroxyl groups is 2. The van der Waals surface area contributed by atoms with Gasteiger partial charge in [-0.05, 0) is 280 Å². The molecular formula is C95H133F4N13O10. The summed E-state index contributed by atoms with van der Waals surface area (Å²) >= 11 is 0. The van der Waals surface area contributed by atoms with Crippen LogP contribution in [0, 0.1) is 41.0 Å². The lowest BCUT2D eigenvalue weighted by Crippen LogP contribution is -2.49.